The summed E-state index contributed by atoms with van der Waals surface area (Å²) in [5.74, 6) is 1.65. The summed E-state index contributed by atoms with van der Waals surface area (Å²) in [6.45, 7) is 4.36. The summed E-state index contributed by atoms with van der Waals surface area (Å²) in [6.07, 6.45) is 0. The van der Waals surface area contributed by atoms with E-state index in [4.69, 9.17) is 5.73 Å². The maximum atomic E-state index is 11.1. The molecule has 0 saturated carbocycles. The molecule has 100 valence electrons. The van der Waals surface area contributed by atoms with Gasteiger partial charge in [0, 0.05) is 11.5 Å². The second-order valence-corrected chi connectivity index (χ2v) is 5.57. The molecule has 0 radical (unpaired) electrons. The van der Waals surface area contributed by atoms with E-state index in [1.165, 1.54) is 18.2 Å². The van der Waals surface area contributed by atoms with Crippen LogP contribution in [0.5, 0.6) is 0 Å². The van der Waals surface area contributed by atoms with Crippen molar-refractivity contribution >= 4 is 17.7 Å². The Morgan fingerprint density at radius 3 is 2.44 bits per heavy atom. The van der Waals surface area contributed by atoms with Gasteiger partial charge in [-0.1, -0.05) is 38.1 Å². The minimum Gasteiger partial charge on any atom is -0.468 e. The van der Waals surface area contributed by atoms with E-state index in [1.807, 2.05) is 0 Å². The standard InChI is InChI=1S/C14H21NO2S/c1-10(2)12-6-4-11(5-7-12)8-18-9-13(15)14(16)17-3/h4-7,10,13H,8-9,15H2,1-3H3/t13-/m0/s1. The highest BCUT2D eigenvalue weighted by Crippen LogP contribution is 2.18. The van der Waals surface area contributed by atoms with Gasteiger partial charge in [-0.05, 0) is 17.0 Å². The van der Waals surface area contributed by atoms with Gasteiger partial charge in [0.15, 0.2) is 0 Å². The van der Waals surface area contributed by atoms with Crippen molar-refractivity contribution < 1.29 is 9.53 Å². The summed E-state index contributed by atoms with van der Waals surface area (Å²) in [6, 6.07) is 8.04. The minimum absolute atomic E-state index is 0.349. The van der Waals surface area contributed by atoms with Gasteiger partial charge in [-0.3, -0.25) is 4.79 Å². The van der Waals surface area contributed by atoms with Crippen LogP contribution in [0, 0.1) is 0 Å². The highest BCUT2D eigenvalue weighted by Gasteiger charge is 2.13. The first-order chi connectivity index (χ1) is 8.54. The Morgan fingerprint density at radius 1 is 1.33 bits per heavy atom. The Labute approximate surface area is 113 Å². The van der Waals surface area contributed by atoms with Gasteiger partial charge in [-0.2, -0.15) is 11.8 Å². The molecule has 0 fully saturated rings. The lowest BCUT2D eigenvalue weighted by molar-refractivity contribution is -0.141. The largest absolute Gasteiger partial charge is 0.468 e. The first-order valence-corrected chi connectivity index (χ1v) is 7.20. The molecule has 0 bridgehead atoms. The van der Waals surface area contributed by atoms with Gasteiger partial charge in [0.05, 0.1) is 7.11 Å². The molecule has 0 aliphatic heterocycles. The monoisotopic (exact) mass is 267 g/mol. The summed E-state index contributed by atoms with van der Waals surface area (Å²) in [5, 5.41) is 0. The summed E-state index contributed by atoms with van der Waals surface area (Å²) in [4.78, 5) is 11.1. The molecule has 0 aromatic heterocycles. The predicted molar refractivity (Wildman–Crippen MR) is 76.7 cm³/mol. The van der Waals surface area contributed by atoms with E-state index >= 15 is 0 Å². The zero-order valence-electron chi connectivity index (χ0n) is 11.2. The smallest absolute Gasteiger partial charge is 0.323 e. The molecule has 1 atom stereocenters. The zero-order chi connectivity index (χ0) is 13.5. The van der Waals surface area contributed by atoms with Gasteiger partial charge in [0.1, 0.15) is 6.04 Å². The first-order valence-electron chi connectivity index (χ1n) is 6.04. The van der Waals surface area contributed by atoms with Crippen molar-refractivity contribution in [3.05, 3.63) is 35.4 Å². The SMILES string of the molecule is COC(=O)[C@@H](N)CSCc1ccc(C(C)C)cc1. The number of benzene rings is 1. The number of esters is 1. The topological polar surface area (TPSA) is 52.3 Å². The molecule has 1 aromatic rings. The van der Waals surface area contributed by atoms with E-state index in [2.05, 4.69) is 42.8 Å². The number of ether oxygens (including phenoxy) is 1. The molecule has 0 unspecified atom stereocenters. The highest BCUT2D eigenvalue weighted by atomic mass is 32.2. The molecule has 0 heterocycles. The summed E-state index contributed by atoms with van der Waals surface area (Å²) >= 11 is 1.65. The highest BCUT2D eigenvalue weighted by molar-refractivity contribution is 7.98. The Morgan fingerprint density at radius 2 is 1.94 bits per heavy atom. The second kappa shape index (κ2) is 7.44. The van der Waals surface area contributed by atoms with Crippen LogP contribution in [-0.4, -0.2) is 24.9 Å². The fourth-order valence-electron chi connectivity index (χ4n) is 1.52. The maximum absolute atomic E-state index is 11.1. The molecule has 0 aliphatic carbocycles. The third kappa shape index (κ3) is 4.70. The van der Waals surface area contributed by atoms with E-state index in [9.17, 15) is 4.79 Å². The Kier molecular flexibility index (Phi) is 6.22. The Balaban J connectivity index is 2.38. The lowest BCUT2D eigenvalue weighted by Gasteiger charge is -2.09. The van der Waals surface area contributed by atoms with Crippen LogP contribution < -0.4 is 5.73 Å². The average molecular weight is 267 g/mol. The molecule has 18 heavy (non-hydrogen) atoms. The van der Waals surface area contributed by atoms with E-state index in [-0.39, 0.29) is 5.97 Å². The van der Waals surface area contributed by atoms with Crippen LogP contribution in [0.2, 0.25) is 0 Å². The number of carbonyl (C=O) groups is 1. The van der Waals surface area contributed by atoms with Crippen molar-refractivity contribution in [2.45, 2.75) is 31.6 Å². The number of hydrogen-bond acceptors (Lipinski definition) is 4. The lowest BCUT2D eigenvalue weighted by atomic mass is 10.0. The molecule has 2 N–H and O–H groups in total. The number of nitrogens with two attached hydrogens (primary N) is 1. The fraction of sp³-hybridized carbons (Fsp3) is 0.500. The molecular weight excluding hydrogens is 246 g/mol. The molecule has 0 amide bonds. The fourth-order valence-corrected chi connectivity index (χ4v) is 2.46. The van der Waals surface area contributed by atoms with Crippen LogP contribution in [0.3, 0.4) is 0 Å². The zero-order valence-corrected chi connectivity index (χ0v) is 12.0. The number of hydrogen-bond donors (Lipinski definition) is 1. The van der Waals surface area contributed by atoms with Crippen LogP contribution in [0.4, 0.5) is 0 Å². The van der Waals surface area contributed by atoms with Crippen LogP contribution in [0.25, 0.3) is 0 Å². The molecule has 1 aromatic carbocycles. The van der Waals surface area contributed by atoms with Gasteiger partial charge in [0.25, 0.3) is 0 Å². The molecule has 0 saturated heterocycles. The Bertz CT molecular complexity index is 376. The molecule has 0 spiro atoms. The lowest BCUT2D eigenvalue weighted by Crippen LogP contribution is -2.33. The number of methoxy groups -OCH3 is 1. The van der Waals surface area contributed by atoms with Crippen LogP contribution >= 0.6 is 11.8 Å². The van der Waals surface area contributed by atoms with Crippen molar-refractivity contribution in [1.29, 1.82) is 0 Å². The van der Waals surface area contributed by atoms with Crippen molar-refractivity contribution in [1.82, 2.24) is 0 Å². The minimum atomic E-state index is -0.532. The molecular formula is C14H21NO2S. The third-order valence-corrected chi connectivity index (χ3v) is 3.85. The van der Waals surface area contributed by atoms with Crippen LogP contribution in [-0.2, 0) is 15.3 Å². The summed E-state index contributed by atoms with van der Waals surface area (Å²) in [5.41, 5.74) is 8.25. The molecule has 4 heteroatoms. The third-order valence-electron chi connectivity index (χ3n) is 2.72. The van der Waals surface area contributed by atoms with Gasteiger partial charge in [-0.25, -0.2) is 0 Å². The van der Waals surface area contributed by atoms with E-state index in [0.29, 0.717) is 11.7 Å². The number of thioether (sulfide) groups is 1. The predicted octanol–water partition coefficient (Wildman–Crippen LogP) is 2.54. The van der Waals surface area contributed by atoms with Gasteiger partial charge in [0.2, 0.25) is 0 Å². The van der Waals surface area contributed by atoms with Crippen molar-refractivity contribution in [3.8, 4) is 0 Å². The quantitative estimate of drug-likeness (QED) is 0.805. The summed E-state index contributed by atoms with van der Waals surface area (Å²) < 4.78 is 4.58. The van der Waals surface area contributed by atoms with E-state index in [0.717, 1.165) is 5.75 Å². The number of rotatable bonds is 6. The van der Waals surface area contributed by atoms with Crippen LogP contribution in [0.1, 0.15) is 30.9 Å². The van der Waals surface area contributed by atoms with Gasteiger partial charge >= 0.3 is 5.97 Å². The summed E-state index contributed by atoms with van der Waals surface area (Å²) in [7, 11) is 1.36. The molecule has 1 rings (SSSR count). The van der Waals surface area contributed by atoms with E-state index < -0.39 is 6.04 Å². The number of carbonyl (C=O) groups excluding carboxylic acids is 1. The average Bonchev–Trinajstić information content (AvgIpc) is 2.38. The molecule has 3 nitrogen and oxygen atoms in total. The van der Waals surface area contributed by atoms with E-state index in [1.54, 1.807) is 11.8 Å². The second-order valence-electron chi connectivity index (χ2n) is 4.54. The normalized spacial score (nSPS) is 12.5. The molecule has 0 aliphatic rings. The van der Waals surface area contributed by atoms with Crippen LogP contribution in [0.15, 0.2) is 24.3 Å². The van der Waals surface area contributed by atoms with Crippen molar-refractivity contribution in [2.75, 3.05) is 12.9 Å². The maximum Gasteiger partial charge on any atom is 0.323 e. The van der Waals surface area contributed by atoms with Gasteiger partial charge in [-0.15, -0.1) is 0 Å². The van der Waals surface area contributed by atoms with Crippen molar-refractivity contribution in [2.24, 2.45) is 5.73 Å². The van der Waals surface area contributed by atoms with Crippen molar-refractivity contribution in [3.63, 3.8) is 0 Å². The first kappa shape index (κ1) is 15.1. The van der Waals surface area contributed by atoms with Gasteiger partial charge < -0.3 is 10.5 Å². The Hall–Kier alpha value is -1.00.